The average molecular weight is 296 g/mol. The molecule has 0 atom stereocenters. The monoisotopic (exact) mass is 296 g/mol. The van der Waals surface area contributed by atoms with Crippen molar-refractivity contribution in [2.75, 3.05) is 0 Å². The van der Waals surface area contributed by atoms with Crippen LogP contribution in [-0.4, -0.2) is 13.4 Å². The standard InChI is InChI=1S/C13H16N2O2S2/c1-9-5-4-6-12(7-9)19(16,17)14-8-13-10(2)15-11(3)18-13/h4-7,14H,8H2,1-3H3. The Morgan fingerprint density at radius 3 is 2.58 bits per heavy atom. The third-order valence-corrected chi connectivity index (χ3v) is 5.19. The van der Waals surface area contributed by atoms with Gasteiger partial charge in [0.15, 0.2) is 0 Å². The topological polar surface area (TPSA) is 59.1 Å². The number of aromatic nitrogens is 1. The molecule has 1 heterocycles. The van der Waals surface area contributed by atoms with Crippen molar-refractivity contribution < 1.29 is 8.42 Å². The maximum absolute atomic E-state index is 12.1. The van der Waals surface area contributed by atoms with Gasteiger partial charge in [0.1, 0.15) is 0 Å². The first kappa shape index (κ1) is 14.2. The second-order valence-corrected chi connectivity index (χ2v) is 7.44. The molecule has 1 N–H and O–H groups in total. The highest BCUT2D eigenvalue weighted by molar-refractivity contribution is 7.89. The van der Waals surface area contributed by atoms with Crippen molar-refractivity contribution in [1.82, 2.24) is 9.71 Å². The van der Waals surface area contributed by atoms with Crippen LogP contribution in [0.4, 0.5) is 0 Å². The van der Waals surface area contributed by atoms with E-state index in [0.29, 0.717) is 4.90 Å². The SMILES string of the molecule is Cc1cccc(S(=O)(=O)NCc2sc(C)nc2C)c1. The van der Waals surface area contributed by atoms with Crippen LogP contribution in [0.5, 0.6) is 0 Å². The first-order chi connectivity index (χ1) is 8.88. The van der Waals surface area contributed by atoms with Crippen LogP contribution in [0.1, 0.15) is 21.1 Å². The van der Waals surface area contributed by atoms with Gasteiger partial charge in [-0.1, -0.05) is 12.1 Å². The van der Waals surface area contributed by atoms with Crippen molar-refractivity contribution in [3.05, 3.63) is 45.4 Å². The van der Waals surface area contributed by atoms with Crippen LogP contribution in [0.15, 0.2) is 29.2 Å². The molecule has 0 unspecified atom stereocenters. The summed E-state index contributed by atoms with van der Waals surface area (Å²) < 4.78 is 26.9. The van der Waals surface area contributed by atoms with Crippen LogP contribution in [0.2, 0.25) is 0 Å². The number of rotatable bonds is 4. The van der Waals surface area contributed by atoms with Gasteiger partial charge < -0.3 is 0 Å². The molecule has 0 fully saturated rings. The normalized spacial score (nSPS) is 11.7. The summed E-state index contributed by atoms with van der Waals surface area (Å²) in [5, 5.41) is 0.947. The zero-order valence-electron chi connectivity index (χ0n) is 11.1. The molecule has 0 bridgehead atoms. The third-order valence-electron chi connectivity index (χ3n) is 2.72. The number of benzene rings is 1. The molecule has 0 spiro atoms. The molecule has 102 valence electrons. The van der Waals surface area contributed by atoms with Crippen molar-refractivity contribution in [1.29, 1.82) is 0 Å². The van der Waals surface area contributed by atoms with Gasteiger partial charge in [-0.3, -0.25) is 0 Å². The Morgan fingerprint density at radius 2 is 2.00 bits per heavy atom. The maximum Gasteiger partial charge on any atom is 0.240 e. The van der Waals surface area contributed by atoms with Crippen molar-refractivity contribution in [3.63, 3.8) is 0 Å². The lowest BCUT2D eigenvalue weighted by Crippen LogP contribution is -2.23. The Labute approximate surface area is 117 Å². The van der Waals surface area contributed by atoms with Crippen molar-refractivity contribution in [2.24, 2.45) is 0 Å². The van der Waals surface area contributed by atoms with E-state index in [-0.39, 0.29) is 6.54 Å². The van der Waals surface area contributed by atoms with Crippen LogP contribution >= 0.6 is 11.3 Å². The largest absolute Gasteiger partial charge is 0.247 e. The molecular weight excluding hydrogens is 280 g/mol. The van der Waals surface area contributed by atoms with Crippen LogP contribution in [0, 0.1) is 20.8 Å². The summed E-state index contributed by atoms with van der Waals surface area (Å²) in [5.74, 6) is 0. The molecule has 0 saturated carbocycles. The molecule has 0 aliphatic heterocycles. The fraction of sp³-hybridized carbons (Fsp3) is 0.308. The van der Waals surface area contributed by atoms with Crippen LogP contribution in [0.3, 0.4) is 0 Å². The maximum atomic E-state index is 12.1. The molecule has 0 aliphatic carbocycles. The second-order valence-electron chi connectivity index (χ2n) is 4.38. The molecule has 4 nitrogen and oxygen atoms in total. The van der Waals surface area contributed by atoms with Gasteiger partial charge in [-0.05, 0) is 38.5 Å². The number of nitrogens with zero attached hydrogens (tertiary/aromatic N) is 1. The fourth-order valence-corrected chi connectivity index (χ4v) is 3.83. The smallest absolute Gasteiger partial charge is 0.240 e. The lowest BCUT2D eigenvalue weighted by Gasteiger charge is -2.06. The van der Waals surface area contributed by atoms with Crippen molar-refractivity contribution in [3.8, 4) is 0 Å². The highest BCUT2D eigenvalue weighted by Gasteiger charge is 2.15. The molecule has 1 aromatic carbocycles. The van der Waals surface area contributed by atoms with Gasteiger partial charge in [-0.25, -0.2) is 18.1 Å². The van der Waals surface area contributed by atoms with E-state index >= 15 is 0 Å². The molecule has 0 amide bonds. The van der Waals surface area contributed by atoms with Crippen LogP contribution < -0.4 is 4.72 Å². The molecule has 1 aromatic heterocycles. The van der Waals surface area contributed by atoms with E-state index < -0.39 is 10.0 Å². The molecule has 2 aromatic rings. The van der Waals surface area contributed by atoms with Gasteiger partial charge in [0.05, 0.1) is 15.6 Å². The van der Waals surface area contributed by atoms with E-state index in [1.54, 1.807) is 18.2 Å². The number of thiazole rings is 1. The number of aryl methyl sites for hydroxylation is 3. The number of hydrogen-bond donors (Lipinski definition) is 1. The Kier molecular flexibility index (Phi) is 4.03. The Balaban J connectivity index is 2.16. The third kappa shape index (κ3) is 3.40. The molecular formula is C13H16N2O2S2. The first-order valence-corrected chi connectivity index (χ1v) is 8.18. The predicted octanol–water partition coefficient (Wildman–Crippen LogP) is 2.55. The molecule has 19 heavy (non-hydrogen) atoms. The van der Waals surface area contributed by atoms with E-state index in [0.717, 1.165) is 21.1 Å². The molecule has 2 rings (SSSR count). The number of sulfonamides is 1. The Bertz CT molecular complexity index is 690. The first-order valence-electron chi connectivity index (χ1n) is 5.88. The minimum Gasteiger partial charge on any atom is -0.247 e. The van der Waals surface area contributed by atoms with E-state index in [2.05, 4.69) is 9.71 Å². The Hall–Kier alpha value is -1.24. The van der Waals surface area contributed by atoms with E-state index in [1.807, 2.05) is 26.8 Å². The van der Waals surface area contributed by atoms with Crippen molar-refractivity contribution in [2.45, 2.75) is 32.2 Å². The fourth-order valence-electron chi connectivity index (χ4n) is 1.76. The highest BCUT2D eigenvalue weighted by Crippen LogP contribution is 2.18. The van der Waals surface area contributed by atoms with E-state index in [9.17, 15) is 8.42 Å². The van der Waals surface area contributed by atoms with E-state index in [1.165, 1.54) is 11.3 Å². The van der Waals surface area contributed by atoms with Gasteiger partial charge in [0, 0.05) is 11.4 Å². The number of nitrogens with one attached hydrogen (secondary N) is 1. The van der Waals surface area contributed by atoms with Crippen LogP contribution in [0.25, 0.3) is 0 Å². The minimum atomic E-state index is -3.46. The predicted molar refractivity (Wildman–Crippen MR) is 76.8 cm³/mol. The average Bonchev–Trinajstić information content (AvgIpc) is 2.65. The van der Waals surface area contributed by atoms with Crippen LogP contribution in [-0.2, 0) is 16.6 Å². The van der Waals surface area contributed by atoms with Crippen molar-refractivity contribution >= 4 is 21.4 Å². The summed E-state index contributed by atoms with van der Waals surface area (Å²) in [4.78, 5) is 5.53. The Morgan fingerprint density at radius 1 is 1.26 bits per heavy atom. The second kappa shape index (κ2) is 5.40. The summed E-state index contributed by atoms with van der Waals surface area (Å²) in [5.41, 5.74) is 1.81. The summed E-state index contributed by atoms with van der Waals surface area (Å²) in [6.45, 7) is 5.96. The van der Waals surface area contributed by atoms with Gasteiger partial charge in [-0.2, -0.15) is 0 Å². The van der Waals surface area contributed by atoms with E-state index in [4.69, 9.17) is 0 Å². The molecule has 0 radical (unpaired) electrons. The summed E-state index contributed by atoms with van der Waals surface area (Å²) in [6.07, 6.45) is 0. The molecule has 6 heteroatoms. The molecule has 0 aliphatic rings. The zero-order valence-corrected chi connectivity index (χ0v) is 12.7. The van der Waals surface area contributed by atoms with Gasteiger partial charge in [0.25, 0.3) is 0 Å². The molecule has 0 saturated heterocycles. The van der Waals surface area contributed by atoms with Gasteiger partial charge >= 0.3 is 0 Å². The van der Waals surface area contributed by atoms with Gasteiger partial charge in [0.2, 0.25) is 10.0 Å². The summed E-state index contributed by atoms with van der Waals surface area (Å²) >= 11 is 1.52. The highest BCUT2D eigenvalue weighted by atomic mass is 32.2. The lowest BCUT2D eigenvalue weighted by atomic mass is 10.2. The van der Waals surface area contributed by atoms with Gasteiger partial charge in [-0.15, -0.1) is 11.3 Å². The quantitative estimate of drug-likeness (QED) is 0.943. The zero-order chi connectivity index (χ0) is 14.0. The number of hydrogen-bond acceptors (Lipinski definition) is 4. The summed E-state index contributed by atoms with van der Waals surface area (Å²) in [6, 6.07) is 6.87. The lowest BCUT2D eigenvalue weighted by molar-refractivity contribution is 0.581. The summed E-state index contributed by atoms with van der Waals surface area (Å²) in [7, 11) is -3.46. The minimum absolute atomic E-state index is 0.285.